The molecule has 0 saturated carbocycles. The van der Waals surface area contributed by atoms with E-state index in [2.05, 4.69) is 15.0 Å². The van der Waals surface area contributed by atoms with Crippen molar-refractivity contribution in [2.24, 2.45) is 0 Å². The van der Waals surface area contributed by atoms with Crippen molar-refractivity contribution in [3.05, 3.63) is 82.5 Å². The molecule has 186 valence electrons. The summed E-state index contributed by atoms with van der Waals surface area (Å²) in [6.07, 6.45) is -2.68. The second-order valence-corrected chi connectivity index (χ2v) is 9.43. The lowest BCUT2D eigenvalue weighted by atomic mass is 10.1. The Bertz CT molecular complexity index is 1380. The molecule has 1 amide bonds. The largest absolute Gasteiger partial charge is 0.339 e. The number of halogens is 3. The monoisotopic (exact) mass is 509 g/mol. The standard InChI is InChI=1S/C27H26ClF2N5O/c1-18-25-22(26(29)30)15-23(20-7-3-2-4-8-20)31-27(25)35(32-18)17-24(36)34-12-10-33(11-13-34)16-19-6-5-9-21(28)14-19/h2-9,14-15,26H,10-13,16-17H2,1H3. The molecule has 1 saturated heterocycles. The molecule has 0 unspecified atom stereocenters. The Morgan fingerprint density at radius 1 is 1.03 bits per heavy atom. The van der Waals surface area contributed by atoms with Gasteiger partial charge in [-0.2, -0.15) is 5.10 Å². The lowest BCUT2D eigenvalue weighted by Crippen LogP contribution is -2.49. The van der Waals surface area contributed by atoms with Crippen LogP contribution in [-0.2, 0) is 17.9 Å². The van der Waals surface area contributed by atoms with Crippen molar-refractivity contribution < 1.29 is 13.6 Å². The van der Waals surface area contributed by atoms with Crippen molar-refractivity contribution in [3.8, 4) is 11.3 Å². The smallest absolute Gasteiger partial charge is 0.264 e. The predicted octanol–water partition coefficient (Wildman–Crippen LogP) is 5.34. The average molecular weight is 510 g/mol. The normalized spacial score (nSPS) is 14.6. The molecule has 5 rings (SSSR count). The summed E-state index contributed by atoms with van der Waals surface area (Å²) in [5, 5.41) is 5.45. The third-order valence-electron chi connectivity index (χ3n) is 6.52. The van der Waals surface area contributed by atoms with Crippen LogP contribution >= 0.6 is 11.6 Å². The van der Waals surface area contributed by atoms with Crippen molar-refractivity contribution in [1.29, 1.82) is 0 Å². The van der Waals surface area contributed by atoms with Gasteiger partial charge in [0.2, 0.25) is 5.91 Å². The molecular weight excluding hydrogens is 484 g/mol. The van der Waals surface area contributed by atoms with Gasteiger partial charge in [-0.25, -0.2) is 18.4 Å². The minimum Gasteiger partial charge on any atom is -0.339 e. The molecule has 3 heterocycles. The van der Waals surface area contributed by atoms with Gasteiger partial charge in [0.25, 0.3) is 6.43 Å². The first-order valence-corrected chi connectivity index (χ1v) is 12.2. The Morgan fingerprint density at radius 2 is 1.78 bits per heavy atom. The molecule has 0 aliphatic carbocycles. The fraction of sp³-hybridized carbons (Fsp3) is 0.296. The summed E-state index contributed by atoms with van der Waals surface area (Å²) in [6, 6.07) is 18.4. The number of hydrogen-bond acceptors (Lipinski definition) is 4. The van der Waals surface area contributed by atoms with Gasteiger partial charge < -0.3 is 4.90 Å². The summed E-state index contributed by atoms with van der Waals surface area (Å²) in [6.45, 7) is 5.05. The molecule has 1 aliphatic heterocycles. The summed E-state index contributed by atoms with van der Waals surface area (Å²) >= 11 is 6.09. The van der Waals surface area contributed by atoms with Crippen LogP contribution < -0.4 is 0 Å². The number of carbonyl (C=O) groups excluding carboxylic acids is 1. The molecular formula is C27H26ClF2N5O. The van der Waals surface area contributed by atoms with E-state index < -0.39 is 6.43 Å². The van der Waals surface area contributed by atoms with E-state index in [4.69, 9.17) is 11.6 Å². The fourth-order valence-corrected chi connectivity index (χ4v) is 4.92. The molecule has 2 aromatic heterocycles. The van der Waals surface area contributed by atoms with E-state index in [1.54, 1.807) is 11.8 Å². The molecule has 9 heteroatoms. The lowest BCUT2D eigenvalue weighted by Gasteiger charge is -2.34. The molecule has 4 aromatic rings. The number of aryl methyl sites for hydroxylation is 1. The van der Waals surface area contributed by atoms with Crippen molar-refractivity contribution >= 4 is 28.5 Å². The maximum Gasteiger partial charge on any atom is 0.264 e. The summed E-state index contributed by atoms with van der Waals surface area (Å²) in [4.78, 5) is 21.9. The number of fused-ring (bicyclic) bond motifs is 1. The van der Waals surface area contributed by atoms with Crippen molar-refractivity contribution in [2.45, 2.75) is 26.4 Å². The highest BCUT2D eigenvalue weighted by molar-refractivity contribution is 6.30. The summed E-state index contributed by atoms with van der Waals surface area (Å²) in [5.74, 6) is -0.104. The topological polar surface area (TPSA) is 54.3 Å². The molecule has 1 fully saturated rings. The highest BCUT2D eigenvalue weighted by atomic mass is 35.5. The number of benzene rings is 2. The third kappa shape index (κ3) is 5.10. The van der Waals surface area contributed by atoms with E-state index in [1.165, 1.54) is 10.7 Å². The number of piperazine rings is 1. The molecule has 0 radical (unpaired) electrons. The van der Waals surface area contributed by atoms with E-state index in [9.17, 15) is 13.6 Å². The minimum atomic E-state index is -2.68. The van der Waals surface area contributed by atoms with Crippen LogP contribution in [0, 0.1) is 6.92 Å². The van der Waals surface area contributed by atoms with E-state index >= 15 is 0 Å². The molecule has 0 atom stereocenters. The number of nitrogens with zero attached hydrogens (tertiary/aromatic N) is 5. The SMILES string of the molecule is Cc1nn(CC(=O)N2CCN(Cc3cccc(Cl)c3)CC2)c2nc(-c3ccccc3)cc(C(F)F)c12. The highest BCUT2D eigenvalue weighted by Gasteiger charge is 2.25. The molecule has 2 aromatic carbocycles. The minimum absolute atomic E-state index is 0.0491. The van der Waals surface area contributed by atoms with E-state index in [1.807, 2.05) is 54.6 Å². The highest BCUT2D eigenvalue weighted by Crippen LogP contribution is 2.33. The molecule has 0 spiro atoms. The van der Waals surface area contributed by atoms with Crippen LogP contribution in [0.1, 0.15) is 23.2 Å². The third-order valence-corrected chi connectivity index (χ3v) is 6.75. The quantitative estimate of drug-likeness (QED) is 0.352. The summed E-state index contributed by atoms with van der Waals surface area (Å²) < 4.78 is 29.5. The van der Waals surface area contributed by atoms with Gasteiger partial charge in [0, 0.05) is 48.9 Å². The lowest BCUT2D eigenvalue weighted by molar-refractivity contribution is -0.133. The first-order chi connectivity index (χ1) is 17.4. The number of carbonyl (C=O) groups is 1. The van der Waals surface area contributed by atoms with Gasteiger partial charge in [-0.3, -0.25) is 9.69 Å². The van der Waals surface area contributed by atoms with Crippen LogP contribution in [0.25, 0.3) is 22.3 Å². The van der Waals surface area contributed by atoms with Gasteiger partial charge in [0.15, 0.2) is 5.65 Å². The maximum absolute atomic E-state index is 14.0. The number of aromatic nitrogens is 3. The van der Waals surface area contributed by atoms with Crippen LogP contribution in [0.4, 0.5) is 8.78 Å². The number of alkyl halides is 2. The van der Waals surface area contributed by atoms with Crippen LogP contribution in [0.5, 0.6) is 0 Å². The first-order valence-electron chi connectivity index (χ1n) is 11.9. The number of hydrogen-bond donors (Lipinski definition) is 0. The Labute approximate surface area is 213 Å². The zero-order chi connectivity index (χ0) is 25.2. The van der Waals surface area contributed by atoms with Crippen molar-refractivity contribution in [2.75, 3.05) is 26.2 Å². The number of rotatable bonds is 6. The molecule has 6 nitrogen and oxygen atoms in total. The molecule has 0 bridgehead atoms. The van der Waals surface area contributed by atoms with Crippen LogP contribution in [-0.4, -0.2) is 56.7 Å². The molecule has 0 N–H and O–H groups in total. The summed E-state index contributed by atoms with van der Waals surface area (Å²) in [7, 11) is 0. The zero-order valence-electron chi connectivity index (χ0n) is 19.9. The Balaban J connectivity index is 1.34. The Hall–Kier alpha value is -3.36. The van der Waals surface area contributed by atoms with Gasteiger partial charge in [0.1, 0.15) is 6.54 Å². The zero-order valence-corrected chi connectivity index (χ0v) is 20.6. The van der Waals surface area contributed by atoms with Crippen LogP contribution in [0.2, 0.25) is 5.02 Å². The number of amides is 1. The average Bonchev–Trinajstić information content (AvgIpc) is 3.19. The van der Waals surface area contributed by atoms with Gasteiger partial charge in [0.05, 0.1) is 16.8 Å². The van der Waals surface area contributed by atoms with Gasteiger partial charge >= 0.3 is 0 Å². The van der Waals surface area contributed by atoms with Crippen LogP contribution in [0.15, 0.2) is 60.7 Å². The second-order valence-electron chi connectivity index (χ2n) is 8.99. The predicted molar refractivity (Wildman–Crippen MR) is 136 cm³/mol. The van der Waals surface area contributed by atoms with E-state index in [-0.39, 0.29) is 18.0 Å². The van der Waals surface area contributed by atoms with Gasteiger partial charge in [-0.15, -0.1) is 0 Å². The Kier molecular flexibility index (Phi) is 6.98. The summed E-state index contributed by atoms with van der Waals surface area (Å²) in [5.41, 5.74) is 2.92. The van der Waals surface area contributed by atoms with Gasteiger partial charge in [-0.1, -0.05) is 54.1 Å². The molecule has 36 heavy (non-hydrogen) atoms. The van der Waals surface area contributed by atoms with E-state index in [0.717, 1.165) is 30.8 Å². The van der Waals surface area contributed by atoms with Crippen molar-refractivity contribution in [3.63, 3.8) is 0 Å². The van der Waals surface area contributed by atoms with Gasteiger partial charge in [-0.05, 0) is 30.7 Å². The number of pyridine rings is 1. The van der Waals surface area contributed by atoms with E-state index in [0.29, 0.717) is 40.5 Å². The fourth-order valence-electron chi connectivity index (χ4n) is 4.70. The first kappa shape index (κ1) is 24.3. The molecule has 1 aliphatic rings. The van der Waals surface area contributed by atoms with Crippen molar-refractivity contribution in [1.82, 2.24) is 24.6 Å². The van der Waals surface area contributed by atoms with Crippen LogP contribution in [0.3, 0.4) is 0 Å². The Morgan fingerprint density at radius 3 is 2.47 bits per heavy atom. The second kappa shape index (κ2) is 10.3. The maximum atomic E-state index is 14.0.